The first-order chi connectivity index (χ1) is 10.4. The van der Waals surface area contributed by atoms with Crippen LogP contribution in [0.3, 0.4) is 0 Å². The number of anilines is 1. The van der Waals surface area contributed by atoms with E-state index in [9.17, 15) is 9.59 Å². The Labute approximate surface area is 139 Å². The SMILES string of the molecule is CCCC(=O)NC(=S)Nc1sc2c(c1C(N)=O)CC[C@H](C)C2. The molecule has 5 nitrogen and oxygen atoms in total. The van der Waals surface area contributed by atoms with Crippen LogP contribution in [0.4, 0.5) is 5.00 Å². The van der Waals surface area contributed by atoms with Crippen molar-refractivity contribution in [3.05, 3.63) is 16.0 Å². The van der Waals surface area contributed by atoms with E-state index in [1.807, 2.05) is 6.92 Å². The van der Waals surface area contributed by atoms with E-state index in [1.165, 1.54) is 16.2 Å². The lowest BCUT2D eigenvalue weighted by molar-refractivity contribution is -0.119. The van der Waals surface area contributed by atoms with E-state index in [0.29, 0.717) is 22.9 Å². The summed E-state index contributed by atoms with van der Waals surface area (Å²) in [5, 5.41) is 6.45. The molecule has 1 aromatic rings. The maximum Gasteiger partial charge on any atom is 0.251 e. The van der Waals surface area contributed by atoms with Crippen LogP contribution in [0.25, 0.3) is 0 Å². The Balaban J connectivity index is 2.18. The minimum absolute atomic E-state index is 0.129. The lowest BCUT2D eigenvalue weighted by atomic mass is 9.88. The quantitative estimate of drug-likeness (QED) is 0.736. The third kappa shape index (κ3) is 3.84. The molecular formula is C15H21N3O2S2. The second-order valence-corrected chi connectivity index (χ2v) is 7.19. The van der Waals surface area contributed by atoms with Crippen molar-refractivity contribution in [2.24, 2.45) is 11.7 Å². The number of fused-ring (bicyclic) bond motifs is 1. The molecule has 0 spiro atoms. The molecule has 7 heteroatoms. The lowest BCUT2D eigenvalue weighted by Gasteiger charge is -2.18. The van der Waals surface area contributed by atoms with Gasteiger partial charge in [-0.05, 0) is 49.4 Å². The molecule has 1 heterocycles. The number of nitrogens with two attached hydrogens (primary N) is 1. The standard InChI is InChI=1S/C15H21N3O2S2/c1-3-4-11(19)17-15(21)18-14-12(13(16)20)9-6-5-8(2)7-10(9)22-14/h8H,3-7H2,1-2H3,(H2,16,20)(H2,17,18,19,21)/t8-/m0/s1. The second-order valence-electron chi connectivity index (χ2n) is 5.67. The number of rotatable bonds is 4. The Morgan fingerprint density at radius 2 is 2.18 bits per heavy atom. The Hall–Kier alpha value is -1.47. The Kier molecular flexibility index (Phi) is 5.52. The van der Waals surface area contributed by atoms with Crippen LogP contribution in [0.2, 0.25) is 0 Å². The fraction of sp³-hybridized carbons (Fsp3) is 0.533. The summed E-state index contributed by atoms with van der Waals surface area (Å²) in [4.78, 5) is 24.6. The summed E-state index contributed by atoms with van der Waals surface area (Å²) in [7, 11) is 0. The average molecular weight is 339 g/mol. The Morgan fingerprint density at radius 1 is 1.45 bits per heavy atom. The van der Waals surface area contributed by atoms with Gasteiger partial charge in [0.2, 0.25) is 5.91 Å². The summed E-state index contributed by atoms with van der Waals surface area (Å²) < 4.78 is 0. The van der Waals surface area contributed by atoms with Gasteiger partial charge in [-0.1, -0.05) is 13.8 Å². The van der Waals surface area contributed by atoms with E-state index in [2.05, 4.69) is 17.6 Å². The van der Waals surface area contributed by atoms with Crippen LogP contribution >= 0.6 is 23.6 Å². The monoisotopic (exact) mass is 339 g/mol. The van der Waals surface area contributed by atoms with Crippen molar-refractivity contribution >= 4 is 45.5 Å². The number of amides is 2. The first kappa shape index (κ1) is 16.9. The van der Waals surface area contributed by atoms with Crippen molar-refractivity contribution in [3.8, 4) is 0 Å². The van der Waals surface area contributed by atoms with Gasteiger partial charge in [-0.15, -0.1) is 11.3 Å². The predicted octanol–water partition coefficient (Wildman–Crippen LogP) is 2.58. The summed E-state index contributed by atoms with van der Waals surface area (Å²) >= 11 is 6.66. The highest BCUT2D eigenvalue weighted by Crippen LogP contribution is 2.39. The van der Waals surface area contributed by atoms with Gasteiger partial charge in [-0.25, -0.2) is 0 Å². The zero-order chi connectivity index (χ0) is 16.3. The van der Waals surface area contributed by atoms with Gasteiger partial charge in [-0.3, -0.25) is 9.59 Å². The largest absolute Gasteiger partial charge is 0.365 e. The molecule has 0 aromatic carbocycles. The zero-order valence-corrected chi connectivity index (χ0v) is 14.5. The van der Waals surface area contributed by atoms with Gasteiger partial charge in [0.1, 0.15) is 5.00 Å². The fourth-order valence-corrected chi connectivity index (χ4v) is 4.35. The molecule has 0 saturated carbocycles. The van der Waals surface area contributed by atoms with Gasteiger partial charge in [-0.2, -0.15) is 0 Å². The molecule has 0 bridgehead atoms. The van der Waals surface area contributed by atoms with Crippen LogP contribution in [0.1, 0.15) is 53.9 Å². The van der Waals surface area contributed by atoms with Crippen LogP contribution in [-0.2, 0) is 17.6 Å². The van der Waals surface area contributed by atoms with Crippen LogP contribution in [0.15, 0.2) is 0 Å². The average Bonchev–Trinajstić information content (AvgIpc) is 2.75. The minimum Gasteiger partial charge on any atom is -0.365 e. The molecule has 0 unspecified atom stereocenters. The van der Waals surface area contributed by atoms with E-state index in [4.69, 9.17) is 18.0 Å². The number of hydrogen-bond donors (Lipinski definition) is 3. The maximum absolute atomic E-state index is 11.8. The van der Waals surface area contributed by atoms with E-state index >= 15 is 0 Å². The van der Waals surface area contributed by atoms with E-state index in [-0.39, 0.29) is 11.0 Å². The molecule has 2 rings (SSSR count). The Bertz CT molecular complexity index is 610. The number of hydrogen-bond acceptors (Lipinski definition) is 4. The summed E-state index contributed by atoms with van der Waals surface area (Å²) in [5.74, 6) is 0.0312. The summed E-state index contributed by atoms with van der Waals surface area (Å²) in [5.41, 5.74) is 7.11. The molecular weight excluding hydrogens is 318 g/mol. The van der Waals surface area contributed by atoms with E-state index in [0.717, 1.165) is 31.2 Å². The highest BCUT2D eigenvalue weighted by Gasteiger charge is 2.26. The van der Waals surface area contributed by atoms with Crippen LogP contribution in [0, 0.1) is 5.92 Å². The maximum atomic E-state index is 11.8. The normalized spacial score (nSPS) is 16.7. The van der Waals surface area contributed by atoms with Gasteiger partial charge in [0.05, 0.1) is 5.56 Å². The topological polar surface area (TPSA) is 84.2 Å². The first-order valence-electron chi connectivity index (χ1n) is 7.47. The van der Waals surface area contributed by atoms with Crippen LogP contribution < -0.4 is 16.4 Å². The molecule has 1 aliphatic carbocycles. The molecule has 1 aliphatic rings. The molecule has 4 N–H and O–H groups in total. The smallest absolute Gasteiger partial charge is 0.251 e. The van der Waals surface area contributed by atoms with Crippen molar-refractivity contribution < 1.29 is 9.59 Å². The molecule has 2 amide bonds. The molecule has 0 fully saturated rings. The van der Waals surface area contributed by atoms with Crippen molar-refractivity contribution in [3.63, 3.8) is 0 Å². The summed E-state index contributed by atoms with van der Waals surface area (Å²) in [6, 6.07) is 0. The Morgan fingerprint density at radius 3 is 2.82 bits per heavy atom. The number of thiophene rings is 1. The molecule has 1 aromatic heterocycles. The molecule has 0 saturated heterocycles. The number of carbonyl (C=O) groups is 2. The van der Waals surface area contributed by atoms with Gasteiger partial charge in [0.15, 0.2) is 5.11 Å². The molecule has 1 atom stereocenters. The molecule has 22 heavy (non-hydrogen) atoms. The van der Waals surface area contributed by atoms with Crippen LogP contribution in [-0.4, -0.2) is 16.9 Å². The first-order valence-corrected chi connectivity index (χ1v) is 8.70. The summed E-state index contributed by atoms with van der Waals surface area (Å²) in [6.45, 7) is 4.13. The van der Waals surface area contributed by atoms with Crippen LogP contribution in [0.5, 0.6) is 0 Å². The zero-order valence-electron chi connectivity index (χ0n) is 12.8. The van der Waals surface area contributed by atoms with Crippen molar-refractivity contribution in [2.75, 3.05) is 5.32 Å². The van der Waals surface area contributed by atoms with E-state index in [1.54, 1.807) is 0 Å². The molecule has 0 radical (unpaired) electrons. The highest BCUT2D eigenvalue weighted by molar-refractivity contribution is 7.80. The number of primary amides is 1. The van der Waals surface area contributed by atoms with Gasteiger partial charge >= 0.3 is 0 Å². The predicted molar refractivity (Wildman–Crippen MR) is 93.3 cm³/mol. The van der Waals surface area contributed by atoms with Crippen molar-refractivity contribution in [1.29, 1.82) is 0 Å². The third-order valence-electron chi connectivity index (χ3n) is 3.72. The van der Waals surface area contributed by atoms with Crippen molar-refractivity contribution in [1.82, 2.24) is 5.32 Å². The number of nitrogens with one attached hydrogen (secondary N) is 2. The molecule has 120 valence electrons. The van der Waals surface area contributed by atoms with Gasteiger partial charge < -0.3 is 16.4 Å². The van der Waals surface area contributed by atoms with Gasteiger partial charge in [0, 0.05) is 11.3 Å². The summed E-state index contributed by atoms with van der Waals surface area (Å²) in [6.07, 6.45) is 4.05. The number of carbonyl (C=O) groups excluding carboxylic acids is 2. The lowest BCUT2D eigenvalue weighted by Crippen LogP contribution is -2.34. The minimum atomic E-state index is -0.447. The van der Waals surface area contributed by atoms with E-state index < -0.39 is 5.91 Å². The number of thiocarbonyl (C=S) groups is 1. The second kappa shape index (κ2) is 7.19. The highest BCUT2D eigenvalue weighted by atomic mass is 32.1. The van der Waals surface area contributed by atoms with Crippen molar-refractivity contribution in [2.45, 2.75) is 46.0 Å². The third-order valence-corrected chi connectivity index (χ3v) is 5.09. The van der Waals surface area contributed by atoms with Gasteiger partial charge in [0.25, 0.3) is 5.91 Å². The fourth-order valence-electron chi connectivity index (χ4n) is 2.65. The molecule has 0 aliphatic heterocycles.